The first-order chi connectivity index (χ1) is 12.1. The molecule has 0 unspecified atom stereocenters. The molecular formula is C20H26ClN3O. The molecule has 3 N–H and O–H groups in total. The van der Waals surface area contributed by atoms with E-state index in [-0.39, 0.29) is 23.9 Å². The molecule has 2 atom stereocenters. The zero-order chi connectivity index (χ0) is 18.0. The van der Waals surface area contributed by atoms with Crippen molar-refractivity contribution in [1.29, 1.82) is 0 Å². The van der Waals surface area contributed by atoms with Crippen LogP contribution in [0.3, 0.4) is 0 Å². The highest BCUT2D eigenvalue weighted by molar-refractivity contribution is 6.27. The topological polar surface area (TPSA) is 62.1 Å². The fraction of sp³-hybridized carbons (Fsp3) is 0.450. The number of nitrogen functional groups attached to an aromatic ring is 1. The highest BCUT2D eigenvalue weighted by atomic mass is 35.5. The van der Waals surface area contributed by atoms with Crippen LogP contribution in [0.5, 0.6) is 0 Å². The van der Waals surface area contributed by atoms with E-state index >= 15 is 0 Å². The van der Waals surface area contributed by atoms with E-state index < -0.39 is 0 Å². The molecule has 2 heterocycles. The number of fused-ring (bicyclic) bond motifs is 1. The zero-order valence-corrected chi connectivity index (χ0v) is 15.6. The number of aryl methyl sites for hydroxylation is 1. The van der Waals surface area contributed by atoms with Crippen LogP contribution in [0.25, 0.3) is 0 Å². The summed E-state index contributed by atoms with van der Waals surface area (Å²) in [7, 11) is 0. The van der Waals surface area contributed by atoms with Crippen molar-refractivity contribution in [2.24, 2.45) is 0 Å². The highest BCUT2D eigenvalue weighted by Gasteiger charge is 2.39. The number of halogens is 1. The molecule has 1 aromatic heterocycles. The van der Waals surface area contributed by atoms with Crippen LogP contribution < -0.4 is 5.73 Å². The summed E-state index contributed by atoms with van der Waals surface area (Å²) in [6, 6.07) is 7.85. The Labute approximate surface area is 154 Å². The van der Waals surface area contributed by atoms with Gasteiger partial charge in [-0.05, 0) is 48.6 Å². The first-order valence-corrected chi connectivity index (χ1v) is 9.49. The molecule has 1 aliphatic heterocycles. The summed E-state index contributed by atoms with van der Waals surface area (Å²) in [6.07, 6.45) is 6.14. The number of hydrogen-bond acceptors (Lipinski definition) is 2. The summed E-state index contributed by atoms with van der Waals surface area (Å²) >= 11 is 5.97. The van der Waals surface area contributed by atoms with Crippen LogP contribution in [-0.4, -0.2) is 27.7 Å². The van der Waals surface area contributed by atoms with Crippen molar-refractivity contribution in [2.45, 2.75) is 51.6 Å². The van der Waals surface area contributed by atoms with E-state index in [1.165, 1.54) is 11.1 Å². The highest BCUT2D eigenvalue weighted by Crippen LogP contribution is 2.40. The Kier molecular flexibility index (Phi) is 5.38. The van der Waals surface area contributed by atoms with Crippen molar-refractivity contribution in [1.82, 2.24) is 9.88 Å². The Morgan fingerprint density at radius 2 is 2.08 bits per heavy atom. The minimum absolute atomic E-state index is 0.00310. The quantitative estimate of drug-likeness (QED) is 0.621. The Morgan fingerprint density at radius 3 is 2.72 bits per heavy atom. The van der Waals surface area contributed by atoms with Crippen molar-refractivity contribution >= 4 is 23.2 Å². The zero-order valence-electron chi connectivity index (χ0n) is 14.9. The molecule has 0 bridgehead atoms. The van der Waals surface area contributed by atoms with Crippen molar-refractivity contribution in [3.8, 4) is 0 Å². The summed E-state index contributed by atoms with van der Waals surface area (Å²) in [5, 5.41) is 0. The maximum atomic E-state index is 12.8. The van der Waals surface area contributed by atoms with E-state index in [4.69, 9.17) is 17.3 Å². The van der Waals surface area contributed by atoms with Crippen molar-refractivity contribution in [3.05, 3.63) is 52.8 Å². The van der Waals surface area contributed by atoms with Crippen molar-refractivity contribution in [3.63, 3.8) is 0 Å². The molecule has 0 spiro atoms. The second-order valence-electron chi connectivity index (χ2n) is 6.87. The summed E-state index contributed by atoms with van der Waals surface area (Å²) in [4.78, 5) is 18.2. The molecule has 2 aromatic rings. The lowest BCUT2D eigenvalue weighted by Gasteiger charge is -2.42. The number of nitrogens with zero attached hydrogens (tertiary/aromatic N) is 1. The first kappa shape index (κ1) is 17.9. The molecule has 4 nitrogen and oxygen atoms in total. The normalized spacial score (nSPS) is 19.7. The fourth-order valence-corrected chi connectivity index (χ4v) is 4.01. The van der Waals surface area contributed by atoms with Crippen molar-refractivity contribution < 1.29 is 4.79 Å². The molecular weight excluding hydrogens is 334 g/mol. The van der Waals surface area contributed by atoms with Crippen LogP contribution in [0.4, 0.5) is 5.69 Å². The third-order valence-corrected chi connectivity index (χ3v) is 5.40. The van der Waals surface area contributed by atoms with Crippen LogP contribution in [0.15, 0.2) is 30.5 Å². The van der Waals surface area contributed by atoms with Crippen LogP contribution >= 0.6 is 11.6 Å². The Hall–Kier alpha value is -1.94. The average Bonchev–Trinajstić information content (AvgIpc) is 2.99. The number of carbonyl (C=O) groups excluding carboxylic acids is 1. The summed E-state index contributed by atoms with van der Waals surface area (Å²) in [5.74, 6) is -0.00848. The Morgan fingerprint density at radius 1 is 1.36 bits per heavy atom. The van der Waals surface area contributed by atoms with E-state index in [9.17, 15) is 4.79 Å². The van der Waals surface area contributed by atoms with E-state index in [0.29, 0.717) is 0 Å². The molecule has 0 saturated carbocycles. The standard InChI is InChI=1S/C20H26ClN3O/c1-3-4-5-16-10-17-13(2)12-23-19(17)20(24(16)18(25)11-21)14-6-8-15(22)9-7-14/h6-9,12,16,20,23H,3-5,10-11,22H2,1-2H3/t16-,20-/m0/s1. The minimum Gasteiger partial charge on any atom is -0.399 e. The van der Waals surface area contributed by atoms with Gasteiger partial charge < -0.3 is 15.6 Å². The molecule has 1 aromatic carbocycles. The van der Waals surface area contributed by atoms with Gasteiger partial charge in [-0.3, -0.25) is 4.79 Å². The number of nitrogens with two attached hydrogens (primary N) is 1. The van der Waals surface area contributed by atoms with E-state index in [0.717, 1.165) is 42.6 Å². The first-order valence-electron chi connectivity index (χ1n) is 8.96. The van der Waals surface area contributed by atoms with Gasteiger partial charge in [-0.2, -0.15) is 0 Å². The number of H-pyrrole nitrogens is 1. The third kappa shape index (κ3) is 3.40. The number of unbranched alkanes of at least 4 members (excludes halogenated alkanes) is 1. The molecule has 134 valence electrons. The molecule has 0 fully saturated rings. The van der Waals surface area contributed by atoms with Crippen LogP contribution in [0, 0.1) is 6.92 Å². The van der Waals surface area contributed by atoms with Gasteiger partial charge in [0, 0.05) is 23.6 Å². The fourth-order valence-electron chi connectivity index (χ4n) is 3.87. The van der Waals surface area contributed by atoms with E-state index in [1.54, 1.807) is 0 Å². The lowest BCUT2D eigenvalue weighted by atomic mass is 9.86. The molecule has 0 radical (unpaired) electrons. The van der Waals surface area contributed by atoms with Gasteiger partial charge in [0.2, 0.25) is 5.91 Å². The molecule has 0 saturated heterocycles. The number of aromatic amines is 1. The Bertz CT molecular complexity index is 738. The van der Waals surface area contributed by atoms with Crippen LogP contribution in [0.2, 0.25) is 0 Å². The van der Waals surface area contributed by atoms with E-state index in [1.807, 2.05) is 35.4 Å². The number of hydrogen-bond donors (Lipinski definition) is 2. The third-order valence-electron chi connectivity index (χ3n) is 5.18. The average molecular weight is 360 g/mol. The summed E-state index contributed by atoms with van der Waals surface area (Å²) in [6.45, 7) is 4.31. The second kappa shape index (κ2) is 7.52. The van der Waals surface area contributed by atoms with Crippen LogP contribution in [-0.2, 0) is 11.2 Å². The lowest BCUT2D eigenvalue weighted by molar-refractivity contribution is -0.133. The van der Waals surface area contributed by atoms with Gasteiger partial charge in [0.05, 0.1) is 6.04 Å². The van der Waals surface area contributed by atoms with Gasteiger partial charge in [0.15, 0.2) is 0 Å². The lowest BCUT2D eigenvalue weighted by Crippen LogP contribution is -2.48. The van der Waals surface area contributed by atoms with Gasteiger partial charge in [0.1, 0.15) is 5.88 Å². The largest absolute Gasteiger partial charge is 0.399 e. The number of anilines is 1. The predicted octanol–water partition coefficient (Wildman–Crippen LogP) is 4.18. The number of nitrogens with one attached hydrogen (secondary N) is 1. The summed E-state index contributed by atoms with van der Waals surface area (Å²) in [5.41, 5.74) is 11.3. The number of rotatable bonds is 5. The van der Waals surface area contributed by atoms with Gasteiger partial charge in [-0.1, -0.05) is 31.9 Å². The molecule has 1 amide bonds. The van der Waals surface area contributed by atoms with Gasteiger partial charge in [0.25, 0.3) is 0 Å². The smallest absolute Gasteiger partial charge is 0.238 e. The van der Waals surface area contributed by atoms with Gasteiger partial charge >= 0.3 is 0 Å². The molecule has 3 rings (SSSR count). The Balaban J connectivity index is 2.10. The molecule has 25 heavy (non-hydrogen) atoms. The summed E-state index contributed by atoms with van der Waals surface area (Å²) < 4.78 is 0. The number of aromatic nitrogens is 1. The minimum atomic E-state index is -0.133. The van der Waals surface area contributed by atoms with E-state index in [2.05, 4.69) is 18.8 Å². The molecule has 0 aliphatic carbocycles. The SMILES string of the molecule is CCCC[C@H]1Cc2c(C)c[nH]c2[C@H](c2ccc(N)cc2)N1C(=O)CCl. The van der Waals surface area contributed by atoms with Gasteiger partial charge in [-0.15, -0.1) is 11.6 Å². The molecule has 5 heteroatoms. The van der Waals surface area contributed by atoms with Gasteiger partial charge in [-0.25, -0.2) is 0 Å². The predicted molar refractivity (Wildman–Crippen MR) is 103 cm³/mol. The second-order valence-corrected chi connectivity index (χ2v) is 7.14. The number of carbonyl (C=O) groups is 1. The molecule has 1 aliphatic rings. The van der Waals surface area contributed by atoms with Crippen LogP contribution in [0.1, 0.15) is 54.6 Å². The van der Waals surface area contributed by atoms with Crippen molar-refractivity contribution in [2.75, 3.05) is 11.6 Å². The monoisotopic (exact) mass is 359 g/mol. The number of benzene rings is 1. The number of alkyl halides is 1. The number of amides is 1. The maximum absolute atomic E-state index is 12.8. The maximum Gasteiger partial charge on any atom is 0.238 e.